The van der Waals surface area contributed by atoms with Crippen LogP contribution in [0.5, 0.6) is 0 Å². The molecule has 0 N–H and O–H groups in total. The van der Waals surface area contributed by atoms with E-state index in [1.165, 1.54) is 5.56 Å². The summed E-state index contributed by atoms with van der Waals surface area (Å²) in [7, 11) is 1.63. The molecule has 122 valence electrons. The summed E-state index contributed by atoms with van der Waals surface area (Å²) in [6.07, 6.45) is 3.21. The molecule has 1 fully saturated rings. The van der Waals surface area contributed by atoms with Gasteiger partial charge in [0.15, 0.2) is 0 Å². The molecule has 0 bridgehead atoms. The fraction of sp³-hybridized carbons (Fsp3) is 0.611. The van der Waals surface area contributed by atoms with E-state index in [2.05, 4.69) is 31.2 Å². The highest BCUT2D eigenvalue weighted by molar-refractivity contribution is 5.78. The van der Waals surface area contributed by atoms with E-state index < -0.39 is 0 Å². The lowest BCUT2D eigenvalue weighted by Crippen LogP contribution is -2.41. The molecule has 4 nitrogen and oxygen atoms in total. The minimum atomic E-state index is 0.105. The third-order valence-electron chi connectivity index (χ3n) is 4.41. The Morgan fingerprint density at radius 1 is 1.32 bits per heavy atom. The Balaban J connectivity index is 1.98. The van der Waals surface area contributed by atoms with Crippen LogP contribution in [0.4, 0.5) is 0 Å². The minimum absolute atomic E-state index is 0.105. The van der Waals surface area contributed by atoms with Gasteiger partial charge in [0.2, 0.25) is 5.91 Å². The highest BCUT2D eigenvalue weighted by Gasteiger charge is 2.34. The van der Waals surface area contributed by atoms with Crippen molar-refractivity contribution in [3.63, 3.8) is 0 Å². The smallest absolute Gasteiger partial charge is 0.248 e. The maximum absolute atomic E-state index is 12.4. The first-order chi connectivity index (χ1) is 10.8. The fourth-order valence-corrected chi connectivity index (χ4v) is 3.34. The number of hydrogen-bond acceptors (Lipinski definition) is 3. The number of carbonyl (C=O) groups excluding carboxylic acids is 1. The SMILES string of the molecule is CC[C@@H](c1ccccc1)[C@@H]1CCCN1C(=O)COCCOC. The van der Waals surface area contributed by atoms with E-state index in [1.807, 2.05) is 11.0 Å². The molecule has 1 heterocycles. The number of ether oxygens (including phenoxy) is 2. The molecule has 0 unspecified atom stereocenters. The molecule has 22 heavy (non-hydrogen) atoms. The number of amides is 1. The number of nitrogens with zero attached hydrogens (tertiary/aromatic N) is 1. The summed E-state index contributed by atoms with van der Waals surface area (Å²) >= 11 is 0. The van der Waals surface area contributed by atoms with Gasteiger partial charge in [-0.25, -0.2) is 0 Å². The molecule has 1 aromatic rings. The highest BCUT2D eigenvalue weighted by Crippen LogP contribution is 2.33. The van der Waals surface area contributed by atoms with Crippen LogP contribution in [0.3, 0.4) is 0 Å². The zero-order chi connectivity index (χ0) is 15.8. The van der Waals surface area contributed by atoms with Crippen molar-refractivity contribution in [2.75, 3.05) is 33.5 Å². The summed E-state index contributed by atoms with van der Waals surface area (Å²) in [5, 5.41) is 0. The van der Waals surface area contributed by atoms with Crippen LogP contribution >= 0.6 is 0 Å². The largest absolute Gasteiger partial charge is 0.382 e. The number of carbonyl (C=O) groups is 1. The van der Waals surface area contributed by atoms with Crippen molar-refractivity contribution in [1.29, 1.82) is 0 Å². The summed E-state index contributed by atoms with van der Waals surface area (Å²) in [5.41, 5.74) is 1.33. The first kappa shape index (κ1) is 17.0. The van der Waals surface area contributed by atoms with Crippen LogP contribution in [-0.4, -0.2) is 50.3 Å². The Kier molecular flexibility index (Phi) is 6.87. The molecule has 2 atom stereocenters. The van der Waals surface area contributed by atoms with Gasteiger partial charge in [-0.1, -0.05) is 37.3 Å². The Morgan fingerprint density at radius 2 is 2.09 bits per heavy atom. The molecule has 2 rings (SSSR count). The third-order valence-corrected chi connectivity index (χ3v) is 4.41. The van der Waals surface area contributed by atoms with Gasteiger partial charge in [-0.2, -0.15) is 0 Å². The van der Waals surface area contributed by atoms with Gasteiger partial charge in [-0.15, -0.1) is 0 Å². The zero-order valence-electron chi connectivity index (χ0n) is 13.7. The highest BCUT2D eigenvalue weighted by atomic mass is 16.5. The van der Waals surface area contributed by atoms with E-state index in [0.29, 0.717) is 25.2 Å². The van der Waals surface area contributed by atoms with Crippen molar-refractivity contribution < 1.29 is 14.3 Å². The Bertz CT molecular complexity index is 449. The van der Waals surface area contributed by atoms with Crippen molar-refractivity contribution in [2.24, 2.45) is 0 Å². The summed E-state index contributed by atoms with van der Waals surface area (Å²) in [6, 6.07) is 10.8. The number of hydrogen-bond donors (Lipinski definition) is 0. The first-order valence-electron chi connectivity index (χ1n) is 8.19. The summed E-state index contributed by atoms with van der Waals surface area (Å²) in [5.74, 6) is 0.514. The lowest BCUT2D eigenvalue weighted by molar-refractivity contribution is -0.137. The van der Waals surface area contributed by atoms with Crippen molar-refractivity contribution in [1.82, 2.24) is 4.90 Å². The van der Waals surface area contributed by atoms with Crippen molar-refractivity contribution >= 4 is 5.91 Å². The van der Waals surface area contributed by atoms with E-state index >= 15 is 0 Å². The summed E-state index contributed by atoms with van der Waals surface area (Å²) < 4.78 is 10.3. The van der Waals surface area contributed by atoms with Crippen molar-refractivity contribution in [2.45, 2.75) is 38.1 Å². The number of rotatable bonds is 8. The number of likely N-dealkylation sites (tertiary alicyclic amines) is 1. The minimum Gasteiger partial charge on any atom is -0.382 e. The monoisotopic (exact) mass is 305 g/mol. The van der Waals surface area contributed by atoms with Crippen LogP contribution < -0.4 is 0 Å². The van der Waals surface area contributed by atoms with Gasteiger partial charge in [-0.05, 0) is 24.8 Å². The van der Waals surface area contributed by atoms with Crippen LogP contribution in [0, 0.1) is 0 Å². The van der Waals surface area contributed by atoms with Gasteiger partial charge in [-0.3, -0.25) is 4.79 Å². The molecule has 1 aromatic carbocycles. The first-order valence-corrected chi connectivity index (χ1v) is 8.19. The van der Waals surface area contributed by atoms with E-state index in [9.17, 15) is 4.79 Å². The maximum Gasteiger partial charge on any atom is 0.248 e. The predicted octanol–water partition coefficient (Wildman–Crippen LogP) is 2.83. The lowest BCUT2D eigenvalue weighted by atomic mass is 9.87. The lowest BCUT2D eigenvalue weighted by Gasteiger charge is -2.31. The Morgan fingerprint density at radius 3 is 2.77 bits per heavy atom. The topological polar surface area (TPSA) is 38.8 Å². The molecule has 0 aromatic heterocycles. The molecular weight excluding hydrogens is 278 g/mol. The van der Waals surface area contributed by atoms with Crippen molar-refractivity contribution in [3.05, 3.63) is 35.9 Å². The predicted molar refractivity (Wildman–Crippen MR) is 86.9 cm³/mol. The van der Waals surface area contributed by atoms with E-state index in [1.54, 1.807) is 7.11 Å². The normalized spacial score (nSPS) is 19.4. The molecule has 4 heteroatoms. The van der Waals surface area contributed by atoms with Crippen LogP contribution in [0.25, 0.3) is 0 Å². The Labute approximate surface area is 133 Å². The van der Waals surface area contributed by atoms with Crippen LogP contribution in [0.1, 0.15) is 37.7 Å². The molecule has 1 amide bonds. The van der Waals surface area contributed by atoms with Gasteiger partial charge in [0, 0.05) is 25.6 Å². The molecule has 0 spiro atoms. The average Bonchev–Trinajstić information content (AvgIpc) is 3.03. The van der Waals surface area contributed by atoms with Crippen LogP contribution in [0.15, 0.2) is 30.3 Å². The number of benzene rings is 1. The Hall–Kier alpha value is -1.39. The van der Waals surface area contributed by atoms with E-state index in [4.69, 9.17) is 9.47 Å². The molecule has 1 saturated heterocycles. The molecule has 0 aliphatic carbocycles. The zero-order valence-corrected chi connectivity index (χ0v) is 13.7. The summed E-state index contributed by atoms with van der Waals surface area (Å²) in [4.78, 5) is 14.5. The van der Waals surface area contributed by atoms with Crippen molar-refractivity contribution in [3.8, 4) is 0 Å². The third kappa shape index (κ3) is 4.31. The van der Waals surface area contributed by atoms with Gasteiger partial charge in [0.1, 0.15) is 6.61 Å². The molecular formula is C18H27NO3. The standard InChI is InChI=1S/C18H27NO3/c1-3-16(15-8-5-4-6-9-15)17-10-7-11-19(17)18(20)14-22-13-12-21-2/h4-6,8-9,16-17H,3,7,10-14H2,1-2H3/t16-,17-/m0/s1. The fourth-order valence-electron chi connectivity index (χ4n) is 3.34. The second kappa shape index (κ2) is 8.91. The second-order valence-electron chi connectivity index (χ2n) is 5.77. The van der Waals surface area contributed by atoms with E-state index in [-0.39, 0.29) is 12.5 Å². The van der Waals surface area contributed by atoms with Gasteiger partial charge < -0.3 is 14.4 Å². The average molecular weight is 305 g/mol. The molecule has 0 saturated carbocycles. The molecule has 1 aliphatic rings. The second-order valence-corrected chi connectivity index (χ2v) is 5.77. The van der Waals surface area contributed by atoms with Gasteiger partial charge in [0.25, 0.3) is 0 Å². The number of methoxy groups -OCH3 is 1. The van der Waals surface area contributed by atoms with Gasteiger partial charge in [0.05, 0.1) is 13.2 Å². The van der Waals surface area contributed by atoms with E-state index in [0.717, 1.165) is 25.8 Å². The molecule has 1 aliphatic heterocycles. The maximum atomic E-state index is 12.4. The van der Waals surface area contributed by atoms with Crippen LogP contribution in [-0.2, 0) is 14.3 Å². The van der Waals surface area contributed by atoms with Crippen LogP contribution in [0.2, 0.25) is 0 Å². The quantitative estimate of drug-likeness (QED) is 0.693. The summed E-state index contributed by atoms with van der Waals surface area (Å²) in [6.45, 7) is 4.20. The molecule has 0 radical (unpaired) electrons. The van der Waals surface area contributed by atoms with Gasteiger partial charge >= 0.3 is 0 Å².